The summed E-state index contributed by atoms with van der Waals surface area (Å²) < 4.78 is 0. The molecule has 1 atom stereocenters. The predicted molar refractivity (Wildman–Crippen MR) is 117 cm³/mol. The number of anilines is 2. The third-order valence-electron chi connectivity index (χ3n) is 5.08. The fraction of sp³-hybridized carbons (Fsp3) is 0.286. The van der Waals surface area contributed by atoms with Crippen molar-refractivity contribution >= 4 is 46.1 Å². The van der Waals surface area contributed by atoms with Crippen LogP contribution in [0, 0.1) is 5.92 Å². The van der Waals surface area contributed by atoms with Crippen LogP contribution in [-0.4, -0.2) is 65.1 Å². The summed E-state index contributed by atoms with van der Waals surface area (Å²) in [5.41, 5.74) is 1.37. The first-order valence-corrected chi connectivity index (χ1v) is 10.7. The maximum atomic E-state index is 12.7. The van der Waals surface area contributed by atoms with Crippen molar-refractivity contribution in [1.29, 1.82) is 0 Å². The molecule has 1 unspecified atom stereocenters. The van der Waals surface area contributed by atoms with E-state index in [0.717, 1.165) is 5.69 Å². The van der Waals surface area contributed by atoms with Crippen LogP contribution in [0.15, 0.2) is 46.8 Å². The number of carbonyl (C=O) groups is 3. The van der Waals surface area contributed by atoms with Gasteiger partial charge in [0.25, 0.3) is 5.91 Å². The van der Waals surface area contributed by atoms with Crippen LogP contribution >= 0.6 is 11.3 Å². The van der Waals surface area contributed by atoms with Gasteiger partial charge in [0.2, 0.25) is 11.8 Å². The van der Waals surface area contributed by atoms with Crippen LogP contribution in [0.5, 0.6) is 5.75 Å². The Morgan fingerprint density at radius 1 is 1.19 bits per heavy atom. The summed E-state index contributed by atoms with van der Waals surface area (Å²) in [4.78, 5) is 47.7. The van der Waals surface area contributed by atoms with Crippen molar-refractivity contribution < 1.29 is 19.5 Å². The average Bonchev–Trinajstić information content (AvgIpc) is 3.21. The molecule has 0 saturated carbocycles. The molecule has 0 aliphatic carbocycles. The number of para-hydroxylation sites is 2. The van der Waals surface area contributed by atoms with E-state index in [2.05, 4.69) is 20.2 Å². The molecule has 4 rings (SSSR count). The second-order valence-corrected chi connectivity index (χ2v) is 8.03. The lowest BCUT2D eigenvalue weighted by Gasteiger charge is -2.36. The highest BCUT2D eigenvalue weighted by molar-refractivity contribution is 7.14. The molecule has 2 aliphatic rings. The zero-order chi connectivity index (χ0) is 21.8. The van der Waals surface area contributed by atoms with E-state index in [0.29, 0.717) is 37.0 Å². The van der Waals surface area contributed by atoms with Gasteiger partial charge >= 0.3 is 0 Å². The van der Waals surface area contributed by atoms with Gasteiger partial charge in [-0.3, -0.25) is 14.4 Å². The molecule has 160 valence electrons. The van der Waals surface area contributed by atoms with Crippen molar-refractivity contribution in [2.45, 2.75) is 6.42 Å². The molecular formula is C21H21N5O4S. The van der Waals surface area contributed by atoms with Gasteiger partial charge in [0.05, 0.1) is 23.7 Å². The van der Waals surface area contributed by atoms with Gasteiger partial charge in [-0.05, 0) is 12.1 Å². The number of dihydropyridines is 1. The molecule has 3 heterocycles. The summed E-state index contributed by atoms with van der Waals surface area (Å²) >= 11 is 1.24. The van der Waals surface area contributed by atoms with Gasteiger partial charge in [0, 0.05) is 43.8 Å². The van der Waals surface area contributed by atoms with Crippen LogP contribution in [-0.2, 0) is 20.8 Å². The van der Waals surface area contributed by atoms with Crippen molar-refractivity contribution in [2.75, 3.05) is 36.4 Å². The van der Waals surface area contributed by atoms with Crippen LogP contribution in [0.3, 0.4) is 0 Å². The zero-order valence-electron chi connectivity index (χ0n) is 16.6. The number of benzene rings is 1. The van der Waals surface area contributed by atoms with Gasteiger partial charge in [0.1, 0.15) is 5.75 Å². The smallest absolute Gasteiger partial charge is 0.269 e. The number of hydrogen-bond acceptors (Lipinski definition) is 7. The van der Waals surface area contributed by atoms with Gasteiger partial charge in [-0.25, -0.2) is 9.98 Å². The number of aromatic hydroxyl groups is 1. The summed E-state index contributed by atoms with van der Waals surface area (Å²) in [6, 6.07) is 7.18. The third kappa shape index (κ3) is 4.97. The van der Waals surface area contributed by atoms with E-state index in [9.17, 15) is 19.5 Å². The average molecular weight is 439 g/mol. The number of phenols is 1. The molecule has 1 aromatic carbocycles. The molecular weight excluding hydrogens is 418 g/mol. The molecule has 2 aliphatic heterocycles. The van der Waals surface area contributed by atoms with Crippen LogP contribution in [0.25, 0.3) is 0 Å². The highest BCUT2D eigenvalue weighted by Crippen LogP contribution is 2.27. The molecule has 2 aromatic rings. The number of amides is 3. The largest absolute Gasteiger partial charge is 0.506 e. The van der Waals surface area contributed by atoms with Gasteiger partial charge in [-0.15, -0.1) is 11.3 Å². The number of hydrogen-bond donors (Lipinski definition) is 2. The number of nitrogens with zero attached hydrogens (tertiary/aromatic N) is 4. The third-order valence-corrected chi connectivity index (χ3v) is 5.89. The van der Waals surface area contributed by atoms with Crippen molar-refractivity contribution in [3.63, 3.8) is 0 Å². The molecule has 0 bridgehead atoms. The van der Waals surface area contributed by atoms with Gasteiger partial charge in [-0.1, -0.05) is 18.2 Å². The monoisotopic (exact) mass is 439 g/mol. The summed E-state index contributed by atoms with van der Waals surface area (Å²) in [6.07, 6.45) is 4.19. The quantitative estimate of drug-likeness (QED) is 0.729. The minimum Gasteiger partial charge on any atom is -0.506 e. The maximum Gasteiger partial charge on any atom is 0.269 e. The molecule has 1 saturated heterocycles. The Morgan fingerprint density at radius 3 is 2.68 bits per heavy atom. The van der Waals surface area contributed by atoms with E-state index < -0.39 is 5.92 Å². The lowest BCUT2D eigenvalue weighted by molar-refractivity contribution is -0.130. The summed E-state index contributed by atoms with van der Waals surface area (Å²) in [5, 5.41) is 14.8. The van der Waals surface area contributed by atoms with Crippen LogP contribution < -0.4 is 10.2 Å². The minimum atomic E-state index is -0.618. The van der Waals surface area contributed by atoms with Gasteiger partial charge < -0.3 is 20.2 Å². The van der Waals surface area contributed by atoms with E-state index in [-0.39, 0.29) is 29.9 Å². The molecule has 10 heteroatoms. The number of carbonyl (C=O) groups excluding carboxylic acids is 3. The van der Waals surface area contributed by atoms with E-state index in [1.165, 1.54) is 29.7 Å². The van der Waals surface area contributed by atoms with Crippen molar-refractivity contribution in [3.8, 4) is 5.75 Å². The highest BCUT2D eigenvalue weighted by atomic mass is 32.1. The molecule has 0 radical (unpaired) electrons. The number of piperazine rings is 1. The summed E-state index contributed by atoms with van der Waals surface area (Å²) in [5.74, 6) is -1.13. The lowest BCUT2D eigenvalue weighted by Crippen LogP contribution is -2.49. The van der Waals surface area contributed by atoms with Gasteiger partial charge in [-0.2, -0.15) is 0 Å². The molecule has 3 amide bonds. The fourth-order valence-electron chi connectivity index (χ4n) is 3.42. The standard InChI is InChI=1S/C21H21N5O4S/c27-17-4-2-1-3-16(17)25-7-9-26(10-8-25)19(29)11-15-13-31-21(23-15)24-20(30)14-5-6-18(28)22-12-14/h1-6,12-14,27H,7-11H2,(H,23,24,30). The normalized spacial score (nSPS) is 18.3. The van der Waals surface area contributed by atoms with E-state index in [1.807, 2.05) is 12.1 Å². The maximum absolute atomic E-state index is 12.7. The van der Waals surface area contributed by atoms with Gasteiger partial charge in [0.15, 0.2) is 5.13 Å². The SMILES string of the molecule is O=C1C=CC(C(=O)Nc2nc(CC(=O)N3CCN(c4ccccc4O)CC3)cs2)C=N1. The number of phenolic OH excluding ortho intramolecular Hbond substituents is 1. The van der Waals surface area contributed by atoms with Crippen molar-refractivity contribution in [1.82, 2.24) is 9.88 Å². The number of nitrogens with one attached hydrogen (secondary N) is 1. The number of aromatic nitrogens is 1. The topological polar surface area (TPSA) is 115 Å². The molecule has 2 N–H and O–H groups in total. The Labute approximate surface area is 182 Å². The molecule has 9 nitrogen and oxygen atoms in total. The fourth-order valence-corrected chi connectivity index (χ4v) is 4.13. The van der Waals surface area contributed by atoms with Crippen LogP contribution in [0.1, 0.15) is 5.69 Å². The highest BCUT2D eigenvalue weighted by Gasteiger charge is 2.24. The van der Waals surface area contributed by atoms with E-state index in [4.69, 9.17) is 0 Å². The Kier molecular flexibility index (Phi) is 6.08. The first-order chi connectivity index (χ1) is 15.0. The summed E-state index contributed by atoms with van der Waals surface area (Å²) in [6.45, 7) is 2.40. The first-order valence-electron chi connectivity index (χ1n) is 9.82. The molecule has 1 fully saturated rings. The van der Waals surface area contributed by atoms with Crippen LogP contribution in [0.2, 0.25) is 0 Å². The second-order valence-electron chi connectivity index (χ2n) is 7.17. The minimum absolute atomic E-state index is 0.0269. The molecule has 31 heavy (non-hydrogen) atoms. The first kappa shape index (κ1) is 20.7. The number of aliphatic imine (C=N–C) groups is 1. The van der Waals surface area contributed by atoms with E-state index in [1.54, 1.807) is 22.4 Å². The van der Waals surface area contributed by atoms with Crippen molar-refractivity contribution in [2.24, 2.45) is 10.9 Å². The second kappa shape index (κ2) is 9.09. The Hall–Kier alpha value is -3.53. The lowest BCUT2D eigenvalue weighted by atomic mass is 10.1. The number of thiazole rings is 1. The Balaban J connectivity index is 1.28. The predicted octanol–water partition coefficient (Wildman–Crippen LogP) is 1.46. The Bertz CT molecular complexity index is 1040. The summed E-state index contributed by atoms with van der Waals surface area (Å²) in [7, 11) is 0. The molecule has 1 aromatic heterocycles. The number of rotatable bonds is 5. The Morgan fingerprint density at radius 2 is 1.97 bits per heavy atom. The van der Waals surface area contributed by atoms with Crippen molar-refractivity contribution in [3.05, 3.63) is 47.5 Å². The zero-order valence-corrected chi connectivity index (χ0v) is 17.4. The van der Waals surface area contributed by atoms with E-state index >= 15 is 0 Å². The van der Waals surface area contributed by atoms with Crippen LogP contribution in [0.4, 0.5) is 10.8 Å². The molecule has 0 spiro atoms.